The van der Waals surface area contributed by atoms with Crippen LogP contribution >= 0.6 is 0 Å². The first kappa shape index (κ1) is 32.2. The Hall–Kier alpha value is -7.50. The summed E-state index contributed by atoms with van der Waals surface area (Å²) in [6, 6.07) is 72.3. The van der Waals surface area contributed by atoms with Crippen molar-refractivity contribution in [2.75, 3.05) is 4.90 Å². The molecule has 0 aliphatic carbocycles. The van der Waals surface area contributed by atoms with Gasteiger partial charge in [0.25, 0.3) is 0 Å². The number of rotatable bonds is 8. The third kappa shape index (κ3) is 6.04. The molecule has 260 valence electrons. The van der Waals surface area contributed by atoms with E-state index in [1.807, 2.05) is 48.5 Å². The summed E-state index contributed by atoms with van der Waals surface area (Å²) in [5, 5.41) is 11.1. The molecule has 8 aromatic carbocycles. The van der Waals surface area contributed by atoms with E-state index in [0.29, 0.717) is 11.8 Å². The molecule has 0 amide bonds. The number of para-hydroxylation sites is 1. The fourth-order valence-corrected chi connectivity index (χ4v) is 7.49. The first-order valence-corrected chi connectivity index (χ1v) is 18.4. The molecule has 55 heavy (non-hydrogen) atoms. The van der Waals surface area contributed by atoms with Crippen molar-refractivity contribution in [1.82, 2.24) is 14.8 Å². The third-order valence-corrected chi connectivity index (χ3v) is 10.2. The van der Waals surface area contributed by atoms with Gasteiger partial charge in [0, 0.05) is 44.6 Å². The van der Waals surface area contributed by atoms with Crippen LogP contribution in [-0.4, -0.2) is 14.8 Å². The van der Waals surface area contributed by atoms with Gasteiger partial charge in [-0.15, -0.1) is 10.2 Å². The molecule has 10 aromatic rings. The van der Waals surface area contributed by atoms with Crippen molar-refractivity contribution in [1.29, 1.82) is 0 Å². The lowest BCUT2D eigenvalue weighted by atomic mass is 10.0. The zero-order valence-corrected chi connectivity index (χ0v) is 29.8. The van der Waals surface area contributed by atoms with Crippen LogP contribution in [0.4, 0.5) is 17.1 Å². The summed E-state index contributed by atoms with van der Waals surface area (Å²) in [4.78, 5) is 2.26. The highest BCUT2D eigenvalue weighted by atomic mass is 16.4. The molecule has 2 aromatic heterocycles. The van der Waals surface area contributed by atoms with Crippen molar-refractivity contribution in [3.8, 4) is 50.8 Å². The summed E-state index contributed by atoms with van der Waals surface area (Å²) in [5.74, 6) is 0.987. The van der Waals surface area contributed by atoms with E-state index in [9.17, 15) is 0 Å². The Balaban J connectivity index is 1.04. The molecule has 0 aliphatic heterocycles. The normalized spacial score (nSPS) is 11.3. The first-order chi connectivity index (χ1) is 27.3. The Kier molecular flexibility index (Phi) is 8.08. The third-order valence-electron chi connectivity index (χ3n) is 10.2. The number of anilines is 3. The second kappa shape index (κ2) is 13.8. The molecule has 0 N–H and O–H groups in total. The van der Waals surface area contributed by atoms with E-state index in [0.717, 1.165) is 33.9 Å². The largest absolute Gasteiger partial charge is 0.416 e. The Morgan fingerprint density at radius 1 is 0.345 bits per heavy atom. The minimum Gasteiger partial charge on any atom is -0.416 e. The predicted molar refractivity (Wildman–Crippen MR) is 225 cm³/mol. The Bertz CT molecular complexity index is 2790. The van der Waals surface area contributed by atoms with Crippen molar-refractivity contribution in [2.45, 2.75) is 0 Å². The van der Waals surface area contributed by atoms with Gasteiger partial charge in [0.15, 0.2) is 0 Å². The maximum atomic E-state index is 6.05. The molecule has 0 bridgehead atoms. The minimum atomic E-state index is 0.485. The molecule has 0 radical (unpaired) electrons. The van der Waals surface area contributed by atoms with Crippen LogP contribution in [0.2, 0.25) is 0 Å². The van der Waals surface area contributed by atoms with Gasteiger partial charge in [0.2, 0.25) is 11.8 Å². The summed E-state index contributed by atoms with van der Waals surface area (Å²) >= 11 is 0. The van der Waals surface area contributed by atoms with Crippen LogP contribution in [0.5, 0.6) is 0 Å². The van der Waals surface area contributed by atoms with E-state index >= 15 is 0 Å². The van der Waals surface area contributed by atoms with Gasteiger partial charge in [-0.2, -0.15) is 0 Å². The topological polar surface area (TPSA) is 47.1 Å². The summed E-state index contributed by atoms with van der Waals surface area (Å²) in [5.41, 5.74) is 13.1. The number of hydrogen-bond acceptors (Lipinski definition) is 4. The standard InChI is InChI=1S/C50H34N4O/c1-5-13-35(14-6-1)39-23-31-47-45(33-39)46-34-40(36-15-7-2-8-16-36)24-32-48(46)54(47)44-29-27-43(28-30-44)53(41-19-11-4-12-20-41)42-25-21-38(22-26-42)50-52-51-49(55-50)37-17-9-3-10-18-37/h1-34H. The highest BCUT2D eigenvalue weighted by Crippen LogP contribution is 2.40. The molecule has 0 fully saturated rings. The fourth-order valence-electron chi connectivity index (χ4n) is 7.49. The molecule has 0 spiro atoms. The van der Waals surface area contributed by atoms with Gasteiger partial charge >= 0.3 is 0 Å². The Morgan fingerprint density at radius 3 is 1.22 bits per heavy atom. The molecule has 10 rings (SSSR count). The van der Waals surface area contributed by atoms with E-state index in [1.54, 1.807) is 0 Å². The fraction of sp³-hybridized carbons (Fsp3) is 0. The summed E-state index contributed by atoms with van der Waals surface area (Å²) in [7, 11) is 0. The highest BCUT2D eigenvalue weighted by molar-refractivity contribution is 6.11. The van der Waals surface area contributed by atoms with Crippen LogP contribution < -0.4 is 4.90 Å². The van der Waals surface area contributed by atoms with Crippen LogP contribution in [0.1, 0.15) is 0 Å². The van der Waals surface area contributed by atoms with E-state index in [1.165, 1.54) is 44.1 Å². The molecule has 0 aliphatic rings. The van der Waals surface area contributed by atoms with Crippen molar-refractivity contribution in [3.05, 3.63) is 206 Å². The first-order valence-electron chi connectivity index (χ1n) is 18.4. The van der Waals surface area contributed by atoms with E-state index in [2.05, 4.69) is 177 Å². The predicted octanol–water partition coefficient (Wildman–Crippen LogP) is 13.3. The maximum Gasteiger partial charge on any atom is 0.248 e. The average Bonchev–Trinajstić information content (AvgIpc) is 3.89. The second-order valence-corrected chi connectivity index (χ2v) is 13.5. The SMILES string of the molecule is c1ccc(-c2ccc3c(c2)c2cc(-c4ccccc4)ccc2n3-c2ccc(N(c3ccccc3)c3ccc(-c4nnc(-c5ccccc5)o4)cc3)cc2)cc1. The molecule has 0 saturated carbocycles. The van der Waals surface area contributed by atoms with Gasteiger partial charge in [-0.05, 0) is 119 Å². The second-order valence-electron chi connectivity index (χ2n) is 13.5. The molecule has 5 heteroatoms. The smallest absolute Gasteiger partial charge is 0.248 e. The Labute approximate surface area is 319 Å². The Morgan fingerprint density at radius 2 is 0.727 bits per heavy atom. The van der Waals surface area contributed by atoms with Gasteiger partial charge in [0.05, 0.1) is 11.0 Å². The molecule has 0 saturated heterocycles. The van der Waals surface area contributed by atoms with Crippen LogP contribution in [-0.2, 0) is 0 Å². The van der Waals surface area contributed by atoms with E-state index < -0.39 is 0 Å². The lowest BCUT2D eigenvalue weighted by Gasteiger charge is -2.26. The zero-order chi connectivity index (χ0) is 36.6. The molecule has 0 atom stereocenters. The van der Waals surface area contributed by atoms with Gasteiger partial charge in [-0.25, -0.2) is 0 Å². The van der Waals surface area contributed by atoms with Crippen molar-refractivity contribution in [2.24, 2.45) is 0 Å². The maximum absolute atomic E-state index is 6.05. The summed E-state index contributed by atoms with van der Waals surface area (Å²) in [6.07, 6.45) is 0. The van der Waals surface area contributed by atoms with Gasteiger partial charge in [-0.1, -0.05) is 109 Å². The number of aromatic nitrogens is 3. The highest BCUT2D eigenvalue weighted by Gasteiger charge is 2.18. The van der Waals surface area contributed by atoms with Crippen molar-refractivity contribution >= 4 is 38.9 Å². The van der Waals surface area contributed by atoms with E-state index in [4.69, 9.17) is 4.42 Å². The van der Waals surface area contributed by atoms with Gasteiger partial charge in [-0.3, -0.25) is 0 Å². The van der Waals surface area contributed by atoms with Crippen LogP contribution in [0, 0.1) is 0 Å². The summed E-state index contributed by atoms with van der Waals surface area (Å²) in [6.45, 7) is 0. The van der Waals surface area contributed by atoms with E-state index in [-0.39, 0.29) is 0 Å². The zero-order valence-electron chi connectivity index (χ0n) is 29.8. The van der Waals surface area contributed by atoms with Crippen LogP contribution in [0.25, 0.3) is 72.7 Å². The quantitative estimate of drug-likeness (QED) is 0.158. The van der Waals surface area contributed by atoms with Crippen LogP contribution in [0.3, 0.4) is 0 Å². The minimum absolute atomic E-state index is 0.485. The van der Waals surface area contributed by atoms with Crippen LogP contribution in [0.15, 0.2) is 211 Å². The molecule has 2 heterocycles. The average molecular weight is 707 g/mol. The lowest BCUT2D eigenvalue weighted by Crippen LogP contribution is -2.10. The van der Waals surface area contributed by atoms with Crippen molar-refractivity contribution < 1.29 is 4.42 Å². The molecular formula is C50H34N4O. The molecular weight excluding hydrogens is 673 g/mol. The lowest BCUT2D eigenvalue weighted by molar-refractivity contribution is 0.584. The number of fused-ring (bicyclic) bond motifs is 3. The van der Waals surface area contributed by atoms with Gasteiger partial charge < -0.3 is 13.9 Å². The summed E-state index contributed by atoms with van der Waals surface area (Å²) < 4.78 is 8.44. The molecule has 5 nitrogen and oxygen atoms in total. The monoisotopic (exact) mass is 706 g/mol. The number of nitrogens with zero attached hydrogens (tertiary/aromatic N) is 4. The number of hydrogen-bond donors (Lipinski definition) is 0. The van der Waals surface area contributed by atoms with Crippen molar-refractivity contribution in [3.63, 3.8) is 0 Å². The molecule has 0 unspecified atom stereocenters. The number of benzene rings is 8. The van der Waals surface area contributed by atoms with Gasteiger partial charge in [0.1, 0.15) is 0 Å².